The van der Waals surface area contributed by atoms with E-state index in [-0.39, 0.29) is 5.91 Å². The Morgan fingerprint density at radius 3 is 2.89 bits per heavy atom. The number of H-pyrrole nitrogens is 1. The molecule has 0 bridgehead atoms. The number of nitrogens with one attached hydrogen (secondary N) is 2. The standard InChI is InChI=1S/C15H19N3O/c1-10-7-8-13-12(9-10)14(18-17-13)15(19)16-11-5-3-2-4-6-11/h7-9,11H,2-6H2,1H3,(H,16,19)(H,17,18). The number of hydrogen-bond acceptors (Lipinski definition) is 2. The molecule has 1 aromatic heterocycles. The lowest BCUT2D eigenvalue weighted by Crippen LogP contribution is -2.36. The predicted molar refractivity (Wildman–Crippen MR) is 75.2 cm³/mol. The number of fused-ring (bicyclic) bond motifs is 1. The van der Waals surface area contributed by atoms with Crippen LogP contribution in [-0.4, -0.2) is 22.1 Å². The van der Waals surface area contributed by atoms with Crippen LogP contribution >= 0.6 is 0 Å². The number of aromatic nitrogens is 2. The van der Waals surface area contributed by atoms with Gasteiger partial charge in [-0.05, 0) is 31.9 Å². The van der Waals surface area contributed by atoms with E-state index < -0.39 is 0 Å². The van der Waals surface area contributed by atoms with Crippen LogP contribution in [0.5, 0.6) is 0 Å². The molecule has 1 amide bonds. The van der Waals surface area contributed by atoms with Gasteiger partial charge in [-0.15, -0.1) is 0 Å². The van der Waals surface area contributed by atoms with E-state index in [0.717, 1.165) is 29.3 Å². The molecule has 4 nitrogen and oxygen atoms in total. The van der Waals surface area contributed by atoms with Crippen LogP contribution in [0.25, 0.3) is 10.9 Å². The van der Waals surface area contributed by atoms with Gasteiger partial charge in [0.25, 0.3) is 5.91 Å². The van der Waals surface area contributed by atoms with Gasteiger partial charge in [-0.2, -0.15) is 5.10 Å². The van der Waals surface area contributed by atoms with Gasteiger partial charge in [-0.3, -0.25) is 9.89 Å². The third-order valence-electron chi connectivity index (χ3n) is 3.87. The number of carbonyl (C=O) groups excluding carboxylic acids is 1. The maximum atomic E-state index is 12.3. The van der Waals surface area contributed by atoms with E-state index in [4.69, 9.17) is 0 Å². The Labute approximate surface area is 112 Å². The van der Waals surface area contributed by atoms with Gasteiger partial charge < -0.3 is 5.32 Å². The zero-order valence-electron chi connectivity index (χ0n) is 11.2. The molecule has 3 rings (SSSR count). The lowest BCUT2D eigenvalue weighted by atomic mass is 9.95. The van der Waals surface area contributed by atoms with Crippen LogP contribution in [-0.2, 0) is 0 Å². The Morgan fingerprint density at radius 1 is 1.32 bits per heavy atom. The van der Waals surface area contributed by atoms with Crippen molar-refractivity contribution >= 4 is 16.8 Å². The average Bonchev–Trinajstić information content (AvgIpc) is 2.82. The summed E-state index contributed by atoms with van der Waals surface area (Å²) < 4.78 is 0. The van der Waals surface area contributed by atoms with Crippen LogP contribution in [0.15, 0.2) is 18.2 Å². The van der Waals surface area contributed by atoms with Crippen molar-refractivity contribution in [2.45, 2.75) is 45.1 Å². The molecule has 2 aromatic rings. The topological polar surface area (TPSA) is 57.8 Å². The Balaban J connectivity index is 1.82. The van der Waals surface area contributed by atoms with Gasteiger partial charge in [0.2, 0.25) is 0 Å². The van der Waals surface area contributed by atoms with Crippen molar-refractivity contribution in [3.8, 4) is 0 Å². The fourth-order valence-electron chi connectivity index (χ4n) is 2.80. The molecule has 0 spiro atoms. The van der Waals surface area contributed by atoms with Gasteiger partial charge in [-0.25, -0.2) is 0 Å². The minimum atomic E-state index is -0.0521. The SMILES string of the molecule is Cc1ccc2[nH]nc(C(=O)NC3CCCCC3)c2c1. The normalized spacial score (nSPS) is 16.7. The van der Waals surface area contributed by atoms with E-state index >= 15 is 0 Å². The van der Waals surface area contributed by atoms with Gasteiger partial charge in [0.15, 0.2) is 5.69 Å². The number of aryl methyl sites for hydroxylation is 1. The second kappa shape index (κ2) is 5.03. The monoisotopic (exact) mass is 257 g/mol. The maximum absolute atomic E-state index is 12.3. The second-order valence-corrected chi connectivity index (χ2v) is 5.43. The molecule has 1 aromatic carbocycles. The quantitative estimate of drug-likeness (QED) is 0.869. The minimum Gasteiger partial charge on any atom is -0.348 e. The van der Waals surface area contributed by atoms with Crippen LogP contribution in [0.4, 0.5) is 0 Å². The Bertz CT molecular complexity index is 596. The van der Waals surface area contributed by atoms with Crippen molar-refractivity contribution in [3.05, 3.63) is 29.5 Å². The molecule has 0 radical (unpaired) electrons. The third kappa shape index (κ3) is 2.48. The van der Waals surface area contributed by atoms with Gasteiger partial charge in [0.05, 0.1) is 5.52 Å². The number of rotatable bonds is 2. The van der Waals surface area contributed by atoms with Crippen molar-refractivity contribution < 1.29 is 4.79 Å². The Kier molecular flexibility index (Phi) is 3.23. The fourth-order valence-corrected chi connectivity index (χ4v) is 2.80. The zero-order chi connectivity index (χ0) is 13.2. The summed E-state index contributed by atoms with van der Waals surface area (Å²) in [7, 11) is 0. The summed E-state index contributed by atoms with van der Waals surface area (Å²) in [4.78, 5) is 12.3. The molecule has 100 valence electrons. The first kappa shape index (κ1) is 12.2. The summed E-state index contributed by atoms with van der Waals surface area (Å²) >= 11 is 0. The highest BCUT2D eigenvalue weighted by Gasteiger charge is 2.19. The molecule has 1 saturated carbocycles. The van der Waals surface area contributed by atoms with Crippen molar-refractivity contribution in [2.75, 3.05) is 0 Å². The summed E-state index contributed by atoms with van der Waals surface area (Å²) in [5.41, 5.74) is 2.57. The van der Waals surface area contributed by atoms with E-state index in [1.807, 2.05) is 25.1 Å². The van der Waals surface area contributed by atoms with E-state index in [1.54, 1.807) is 0 Å². The number of amides is 1. The molecule has 19 heavy (non-hydrogen) atoms. The zero-order valence-corrected chi connectivity index (χ0v) is 11.2. The van der Waals surface area contributed by atoms with Gasteiger partial charge in [0, 0.05) is 11.4 Å². The highest BCUT2D eigenvalue weighted by Crippen LogP contribution is 2.20. The fraction of sp³-hybridized carbons (Fsp3) is 0.467. The molecule has 1 aliphatic rings. The van der Waals surface area contributed by atoms with Gasteiger partial charge >= 0.3 is 0 Å². The number of carbonyl (C=O) groups is 1. The van der Waals surface area contributed by atoms with Crippen molar-refractivity contribution in [1.82, 2.24) is 15.5 Å². The Hall–Kier alpha value is -1.84. The average molecular weight is 257 g/mol. The van der Waals surface area contributed by atoms with Crippen LogP contribution in [0, 0.1) is 6.92 Å². The van der Waals surface area contributed by atoms with Crippen molar-refractivity contribution in [3.63, 3.8) is 0 Å². The van der Waals surface area contributed by atoms with Gasteiger partial charge in [0.1, 0.15) is 0 Å². The number of hydrogen-bond donors (Lipinski definition) is 2. The van der Waals surface area contributed by atoms with Crippen molar-refractivity contribution in [2.24, 2.45) is 0 Å². The molecule has 0 saturated heterocycles. The highest BCUT2D eigenvalue weighted by atomic mass is 16.2. The van der Waals surface area contributed by atoms with E-state index in [2.05, 4.69) is 15.5 Å². The first-order valence-electron chi connectivity index (χ1n) is 6.99. The lowest BCUT2D eigenvalue weighted by Gasteiger charge is -2.22. The number of benzene rings is 1. The molecular weight excluding hydrogens is 238 g/mol. The molecule has 1 aliphatic carbocycles. The first-order valence-corrected chi connectivity index (χ1v) is 6.99. The summed E-state index contributed by atoms with van der Waals surface area (Å²) in [6.45, 7) is 2.02. The summed E-state index contributed by atoms with van der Waals surface area (Å²) in [5, 5.41) is 11.1. The summed E-state index contributed by atoms with van der Waals surface area (Å²) in [6, 6.07) is 6.31. The molecule has 4 heteroatoms. The smallest absolute Gasteiger partial charge is 0.272 e. The number of aromatic amines is 1. The highest BCUT2D eigenvalue weighted by molar-refractivity contribution is 6.04. The second-order valence-electron chi connectivity index (χ2n) is 5.43. The van der Waals surface area contributed by atoms with Crippen LogP contribution in [0.1, 0.15) is 48.2 Å². The molecule has 0 unspecified atom stereocenters. The predicted octanol–water partition coefficient (Wildman–Crippen LogP) is 2.93. The van der Waals surface area contributed by atoms with Crippen LogP contribution in [0.2, 0.25) is 0 Å². The van der Waals surface area contributed by atoms with E-state index in [0.29, 0.717) is 11.7 Å². The first-order chi connectivity index (χ1) is 9.24. The summed E-state index contributed by atoms with van der Waals surface area (Å²) in [5.74, 6) is -0.0521. The molecule has 1 heterocycles. The molecular formula is C15H19N3O. The number of nitrogens with zero attached hydrogens (tertiary/aromatic N) is 1. The summed E-state index contributed by atoms with van der Waals surface area (Å²) in [6.07, 6.45) is 5.90. The van der Waals surface area contributed by atoms with Crippen LogP contribution < -0.4 is 5.32 Å². The lowest BCUT2D eigenvalue weighted by molar-refractivity contribution is 0.0924. The largest absolute Gasteiger partial charge is 0.348 e. The van der Waals surface area contributed by atoms with Gasteiger partial charge in [-0.1, -0.05) is 30.9 Å². The molecule has 1 fully saturated rings. The molecule has 0 aliphatic heterocycles. The van der Waals surface area contributed by atoms with E-state index in [1.165, 1.54) is 19.3 Å². The van der Waals surface area contributed by atoms with E-state index in [9.17, 15) is 4.79 Å². The van der Waals surface area contributed by atoms with Crippen molar-refractivity contribution in [1.29, 1.82) is 0 Å². The minimum absolute atomic E-state index is 0.0521. The maximum Gasteiger partial charge on any atom is 0.272 e. The molecule has 2 N–H and O–H groups in total. The molecule has 0 atom stereocenters. The van der Waals surface area contributed by atoms with Crippen LogP contribution in [0.3, 0.4) is 0 Å². The third-order valence-corrected chi connectivity index (χ3v) is 3.87. The Morgan fingerprint density at radius 2 is 2.11 bits per heavy atom.